The van der Waals surface area contributed by atoms with Crippen molar-refractivity contribution in [2.75, 3.05) is 20.8 Å². The molecule has 0 saturated heterocycles. The largest absolute Gasteiger partial charge is 0.493 e. The number of carbonyl (C=O) groups excluding carboxylic acids is 1. The highest BCUT2D eigenvalue weighted by molar-refractivity contribution is 5.70. The molecule has 0 aromatic heterocycles. The molecule has 5 nitrogen and oxygen atoms in total. The van der Waals surface area contributed by atoms with E-state index < -0.39 is 6.04 Å². The molecule has 1 aromatic rings. The van der Waals surface area contributed by atoms with E-state index in [-0.39, 0.29) is 12.4 Å². The molecule has 0 bridgehead atoms. The molecule has 0 amide bonds. The first-order valence-corrected chi connectivity index (χ1v) is 5.75. The van der Waals surface area contributed by atoms with Gasteiger partial charge in [-0.3, -0.25) is 4.79 Å². The van der Waals surface area contributed by atoms with Crippen molar-refractivity contribution in [2.45, 2.75) is 19.4 Å². The van der Waals surface area contributed by atoms with Gasteiger partial charge in [-0.2, -0.15) is 0 Å². The number of hydrogen-bond donors (Lipinski definition) is 1. The fourth-order valence-electron chi connectivity index (χ4n) is 1.57. The standard InChI is InChI=1S/C13H19NO4/c1-4-18-12-7-9(5-6-11(12)16-2)10(14)8-13(15)17-3/h5-7,10H,4,8,14H2,1-3H3/t10-/m0/s1. The van der Waals surface area contributed by atoms with Gasteiger partial charge in [0.1, 0.15) is 0 Å². The first-order valence-electron chi connectivity index (χ1n) is 5.75. The molecule has 0 aliphatic rings. The van der Waals surface area contributed by atoms with Crippen molar-refractivity contribution in [2.24, 2.45) is 5.73 Å². The molecule has 100 valence electrons. The van der Waals surface area contributed by atoms with E-state index in [1.54, 1.807) is 19.2 Å². The van der Waals surface area contributed by atoms with Gasteiger partial charge in [0.05, 0.1) is 27.2 Å². The maximum atomic E-state index is 11.2. The van der Waals surface area contributed by atoms with Gasteiger partial charge in [0.2, 0.25) is 0 Å². The average molecular weight is 253 g/mol. The molecule has 5 heteroatoms. The molecular formula is C13H19NO4. The molecule has 2 N–H and O–H groups in total. The summed E-state index contributed by atoms with van der Waals surface area (Å²) in [6.45, 7) is 2.42. The topological polar surface area (TPSA) is 70.8 Å². The van der Waals surface area contributed by atoms with Crippen molar-refractivity contribution in [3.8, 4) is 11.5 Å². The summed E-state index contributed by atoms with van der Waals surface area (Å²) in [6, 6.07) is 4.96. The van der Waals surface area contributed by atoms with Gasteiger partial charge >= 0.3 is 5.97 Å². The molecule has 0 saturated carbocycles. The summed E-state index contributed by atoms with van der Waals surface area (Å²) in [7, 11) is 2.92. The molecule has 0 spiro atoms. The monoisotopic (exact) mass is 253 g/mol. The van der Waals surface area contributed by atoms with Crippen LogP contribution in [0.15, 0.2) is 18.2 Å². The van der Waals surface area contributed by atoms with Crippen LogP contribution < -0.4 is 15.2 Å². The van der Waals surface area contributed by atoms with Gasteiger partial charge in [0, 0.05) is 6.04 Å². The number of benzene rings is 1. The Hall–Kier alpha value is -1.75. The summed E-state index contributed by atoms with van der Waals surface area (Å²) in [6.07, 6.45) is 0.133. The zero-order valence-corrected chi connectivity index (χ0v) is 10.9. The van der Waals surface area contributed by atoms with Crippen LogP contribution in [0.3, 0.4) is 0 Å². The molecule has 1 rings (SSSR count). The van der Waals surface area contributed by atoms with E-state index in [2.05, 4.69) is 4.74 Å². The third kappa shape index (κ3) is 3.63. The van der Waals surface area contributed by atoms with E-state index in [1.807, 2.05) is 13.0 Å². The maximum absolute atomic E-state index is 11.2. The molecular weight excluding hydrogens is 234 g/mol. The summed E-state index contributed by atoms with van der Waals surface area (Å²) < 4.78 is 15.2. The Morgan fingerprint density at radius 1 is 1.33 bits per heavy atom. The minimum Gasteiger partial charge on any atom is -0.493 e. The number of methoxy groups -OCH3 is 2. The molecule has 0 aliphatic heterocycles. The quantitative estimate of drug-likeness (QED) is 0.781. The Morgan fingerprint density at radius 3 is 2.61 bits per heavy atom. The lowest BCUT2D eigenvalue weighted by molar-refractivity contribution is -0.141. The van der Waals surface area contributed by atoms with Gasteiger partial charge in [-0.1, -0.05) is 6.07 Å². The smallest absolute Gasteiger partial charge is 0.307 e. The molecule has 18 heavy (non-hydrogen) atoms. The zero-order chi connectivity index (χ0) is 13.5. The van der Waals surface area contributed by atoms with Gasteiger partial charge in [-0.05, 0) is 24.6 Å². The third-order valence-corrected chi connectivity index (χ3v) is 2.53. The van der Waals surface area contributed by atoms with Crippen LogP contribution in [-0.4, -0.2) is 26.8 Å². The minimum atomic E-state index is -0.414. The minimum absolute atomic E-state index is 0.133. The van der Waals surface area contributed by atoms with E-state index >= 15 is 0 Å². The predicted molar refractivity (Wildman–Crippen MR) is 67.7 cm³/mol. The fraction of sp³-hybridized carbons (Fsp3) is 0.462. The van der Waals surface area contributed by atoms with Crippen molar-refractivity contribution < 1.29 is 19.0 Å². The number of hydrogen-bond acceptors (Lipinski definition) is 5. The van der Waals surface area contributed by atoms with E-state index in [1.165, 1.54) is 7.11 Å². The second-order valence-electron chi connectivity index (χ2n) is 3.73. The number of esters is 1. The highest BCUT2D eigenvalue weighted by atomic mass is 16.5. The Kier molecular flexibility index (Phi) is 5.45. The second-order valence-corrected chi connectivity index (χ2v) is 3.73. The molecule has 0 radical (unpaired) electrons. The van der Waals surface area contributed by atoms with Gasteiger partial charge < -0.3 is 19.9 Å². The van der Waals surface area contributed by atoms with Gasteiger partial charge in [0.15, 0.2) is 11.5 Å². The summed E-state index contributed by atoms with van der Waals surface area (Å²) in [5, 5.41) is 0. The molecule has 0 heterocycles. The Bertz CT molecular complexity index is 406. The second kappa shape index (κ2) is 6.86. The van der Waals surface area contributed by atoms with Crippen LogP contribution >= 0.6 is 0 Å². The van der Waals surface area contributed by atoms with Crippen LogP contribution in [-0.2, 0) is 9.53 Å². The van der Waals surface area contributed by atoms with Gasteiger partial charge in [-0.25, -0.2) is 0 Å². The van der Waals surface area contributed by atoms with Crippen molar-refractivity contribution in [1.29, 1.82) is 0 Å². The van der Waals surface area contributed by atoms with Crippen LogP contribution in [0, 0.1) is 0 Å². The number of ether oxygens (including phenoxy) is 3. The highest BCUT2D eigenvalue weighted by Gasteiger charge is 2.14. The Labute approximate surface area is 107 Å². The zero-order valence-electron chi connectivity index (χ0n) is 10.9. The molecule has 0 unspecified atom stereocenters. The van der Waals surface area contributed by atoms with Crippen LogP contribution in [0.4, 0.5) is 0 Å². The number of nitrogens with two attached hydrogens (primary N) is 1. The first-order chi connectivity index (χ1) is 8.62. The van der Waals surface area contributed by atoms with Crippen molar-refractivity contribution >= 4 is 5.97 Å². The lowest BCUT2D eigenvalue weighted by Crippen LogP contribution is -2.16. The van der Waals surface area contributed by atoms with E-state index in [0.29, 0.717) is 18.1 Å². The summed E-state index contributed by atoms with van der Waals surface area (Å²) in [4.78, 5) is 11.2. The SMILES string of the molecule is CCOc1cc([C@@H](N)CC(=O)OC)ccc1OC. The lowest BCUT2D eigenvalue weighted by Gasteiger charge is -2.14. The van der Waals surface area contributed by atoms with Crippen molar-refractivity contribution in [3.63, 3.8) is 0 Å². The molecule has 0 aliphatic carbocycles. The highest BCUT2D eigenvalue weighted by Crippen LogP contribution is 2.30. The lowest BCUT2D eigenvalue weighted by atomic mass is 10.0. The summed E-state index contributed by atoms with van der Waals surface area (Å²) in [5.74, 6) is 0.931. The van der Waals surface area contributed by atoms with Crippen LogP contribution in [0.25, 0.3) is 0 Å². The molecule has 0 fully saturated rings. The van der Waals surface area contributed by atoms with Crippen molar-refractivity contribution in [3.05, 3.63) is 23.8 Å². The molecule has 1 aromatic carbocycles. The maximum Gasteiger partial charge on any atom is 0.307 e. The third-order valence-electron chi connectivity index (χ3n) is 2.53. The van der Waals surface area contributed by atoms with Crippen LogP contribution in [0.1, 0.15) is 24.9 Å². The molecule has 1 atom stereocenters. The Morgan fingerprint density at radius 2 is 2.06 bits per heavy atom. The summed E-state index contributed by atoms with van der Waals surface area (Å²) in [5.41, 5.74) is 6.74. The van der Waals surface area contributed by atoms with E-state index in [0.717, 1.165) is 5.56 Å². The van der Waals surface area contributed by atoms with Crippen LogP contribution in [0.5, 0.6) is 11.5 Å². The average Bonchev–Trinajstić information content (AvgIpc) is 2.38. The van der Waals surface area contributed by atoms with Gasteiger partial charge in [-0.15, -0.1) is 0 Å². The van der Waals surface area contributed by atoms with Crippen LogP contribution in [0.2, 0.25) is 0 Å². The van der Waals surface area contributed by atoms with Crippen molar-refractivity contribution in [1.82, 2.24) is 0 Å². The normalized spacial score (nSPS) is 11.8. The number of carbonyl (C=O) groups is 1. The van der Waals surface area contributed by atoms with E-state index in [9.17, 15) is 4.79 Å². The Balaban J connectivity index is 2.89. The fourth-order valence-corrected chi connectivity index (χ4v) is 1.57. The van der Waals surface area contributed by atoms with E-state index in [4.69, 9.17) is 15.2 Å². The first kappa shape index (κ1) is 14.3. The summed E-state index contributed by atoms with van der Waals surface area (Å²) >= 11 is 0. The predicted octanol–water partition coefficient (Wildman–Crippen LogP) is 1.66. The number of rotatable bonds is 6. The van der Waals surface area contributed by atoms with Gasteiger partial charge in [0.25, 0.3) is 0 Å².